The van der Waals surface area contributed by atoms with Crippen molar-refractivity contribution in [2.75, 3.05) is 5.33 Å². The van der Waals surface area contributed by atoms with Crippen molar-refractivity contribution in [2.45, 2.75) is 12.5 Å². The third-order valence-electron chi connectivity index (χ3n) is 2.98. The molecular formula is C14H14BrN3O2. The second-order valence-corrected chi connectivity index (χ2v) is 5.15. The number of nitrogens with zero attached hydrogens (tertiary/aromatic N) is 1. The largest absolute Gasteiger partial charge is 0.341 e. The van der Waals surface area contributed by atoms with Gasteiger partial charge in [0.2, 0.25) is 0 Å². The summed E-state index contributed by atoms with van der Waals surface area (Å²) in [4.78, 5) is 23.1. The number of nitrogens with one attached hydrogen (secondary N) is 2. The van der Waals surface area contributed by atoms with Crippen molar-refractivity contribution in [3.05, 3.63) is 64.1 Å². The average molecular weight is 336 g/mol. The van der Waals surface area contributed by atoms with Gasteiger partial charge in [-0.3, -0.25) is 9.59 Å². The molecular weight excluding hydrogens is 322 g/mol. The van der Waals surface area contributed by atoms with Crippen LogP contribution in [0.4, 0.5) is 0 Å². The fourth-order valence-corrected chi connectivity index (χ4v) is 2.24. The first kappa shape index (κ1) is 14.5. The van der Waals surface area contributed by atoms with Crippen molar-refractivity contribution < 1.29 is 4.79 Å². The predicted molar refractivity (Wildman–Crippen MR) is 79.9 cm³/mol. The standard InChI is InChI=1S/C14H14BrN3O2/c1-14(9-15,10-5-3-2-4-6-10)16-13(20)11-7-8-12(19)18-17-11/h2-8H,9H2,1H3,(H,16,20)(H,18,19). The van der Waals surface area contributed by atoms with E-state index in [4.69, 9.17) is 0 Å². The van der Waals surface area contributed by atoms with E-state index in [1.807, 2.05) is 37.3 Å². The van der Waals surface area contributed by atoms with Gasteiger partial charge in [0, 0.05) is 11.4 Å². The van der Waals surface area contributed by atoms with Crippen LogP contribution in [0, 0.1) is 0 Å². The topological polar surface area (TPSA) is 74.8 Å². The summed E-state index contributed by atoms with van der Waals surface area (Å²) in [5, 5.41) is 9.45. The van der Waals surface area contributed by atoms with Crippen LogP contribution < -0.4 is 10.9 Å². The second-order valence-electron chi connectivity index (χ2n) is 4.59. The van der Waals surface area contributed by atoms with E-state index < -0.39 is 5.54 Å². The lowest BCUT2D eigenvalue weighted by Gasteiger charge is -2.29. The molecule has 0 saturated carbocycles. The molecule has 0 spiro atoms. The van der Waals surface area contributed by atoms with Crippen LogP contribution in [0.15, 0.2) is 47.3 Å². The molecule has 20 heavy (non-hydrogen) atoms. The molecule has 1 heterocycles. The van der Waals surface area contributed by atoms with E-state index in [-0.39, 0.29) is 17.2 Å². The van der Waals surface area contributed by atoms with Crippen molar-refractivity contribution in [1.82, 2.24) is 15.5 Å². The van der Waals surface area contributed by atoms with Gasteiger partial charge in [0.05, 0.1) is 5.54 Å². The molecule has 0 fully saturated rings. The van der Waals surface area contributed by atoms with Crippen molar-refractivity contribution in [3.63, 3.8) is 0 Å². The van der Waals surface area contributed by atoms with Crippen LogP contribution in [-0.2, 0) is 5.54 Å². The molecule has 1 atom stereocenters. The fourth-order valence-electron chi connectivity index (χ4n) is 1.77. The molecule has 0 saturated heterocycles. The number of aromatic nitrogens is 2. The first-order chi connectivity index (χ1) is 9.55. The molecule has 0 aliphatic carbocycles. The number of rotatable bonds is 4. The number of aromatic amines is 1. The minimum absolute atomic E-state index is 0.174. The Morgan fingerprint density at radius 2 is 2.00 bits per heavy atom. The molecule has 2 N–H and O–H groups in total. The summed E-state index contributed by atoms with van der Waals surface area (Å²) in [5.74, 6) is -0.341. The van der Waals surface area contributed by atoms with Crippen LogP contribution in [0.5, 0.6) is 0 Å². The van der Waals surface area contributed by atoms with E-state index >= 15 is 0 Å². The van der Waals surface area contributed by atoms with Gasteiger partial charge in [0.1, 0.15) is 5.69 Å². The van der Waals surface area contributed by atoms with E-state index in [1.54, 1.807) is 0 Å². The number of amides is 1. The molecule has 0 bridgehead atoms. The Hall–Kier alpha value is -1.95. The Bertz CT molecular complexity index is 636. The normalized spacial score (nSPS) is 13.5. The first-order valence-corrected chi connectivity index (χ1v) is 7.17. The quantitative estimate of drug-likeness (QED) is 0.837. The average Bonchev–Trinajstić information content (AvgIpc) is 2.48. The van der Waals surface area contributed by atoms with Gasteiger partial charge in [-0.05, 0) is 18.6 Å². The summed E-state index contributed by atoms with van der Waals surface area (Å²) in [6.45, 7) is 1.92. The molecule has 2 aromatic rings. The van der Waals surface area contributed by atoms with Gasteiger partial charge in [-0.1, -0.05) is 46.3 Å². The number of benzene rings is 1. The third-order valence-corrected chi connectivity index (χ3v) is 4.10. The van der Waals surface area contributed by atoms with Crippen molar-refractivity contribution in [3.8, 4) is 0 Å². The molecule has 0 radical (unpaired) electrons. The zero-order chi connectivity index (χ0) is 14.6. The smallest absolute Gasteiger partial charge is 0.272 e. The minimum Gasteiger partial charge on any atom is -0.341 e. The zero-order valence-electron chi connectivity index (χ0n) is 10.9. The number of hydrogen-bond acceptors (Lipinski definition) is 3. The van der Waals surface area contributed by atoms with Gasteiger partial charge in [0.15, 0.2) is 0 Å². The molecule has 1 aromatic carbocycles. The monoisotopic (exact) mass is 335 g/mol. The molecule has 2 rings (SSSR count). The zero-order valence-corrected chi connectivity index (χ0v) is 12.5. The molecule has 6 heteroatoms. The lowest BCUT2D eigenvalue weighted by atomic mass is 9.94. The van der Waals surface area contributed by atoms with Gasteiger partial charge in [-0.2, -0.15) is 5.10 Å². The van der Waals surface area contributed by atoms with E-state index in [2.05, 4.69) is 31.4 Å². The van der Waals surface area contributed by atoms with Gasteiger partial charge in [-0.15, -0.1) is 0 Å². The minimum atomic E-state index is -0.559. The maximum atomic E-state index is 12.2. The van der Waals surface area contributed by atoms with Crippen molar-refractivity contribution in [2.24, 2.45) is 0 Å². The summed E-state index contributed by atoms with van der Waals surface area (Å²) < 4.78 is 0. The highest BCUT2D eigenvalue weighted by atomic mass is 79.9. The highest BCUT2D eigenvalue weighted by Gasteiger charge is 2.28. The Morgan fingerprint density at radius 3 is 2.55 bits per heavy atom. The van der Waals surface area contributed by atoms with Crippen LogP contribution in [0.3, 0.4) is 0 Å². The Kier molecular flexibility index (Phi) is 4.34. The van der Waals surface area contributed by atoms with Crippen LogP contribution >= 0.6 is 15.9 Å². The summed E-state index contributed by atoms with van der Waals surface area (Å²) in [5.41, 5.74) is 0.256. The number of H-pyrrole nitrogens is 1. The molecule has 0 aliphatic heterocycles. The second kappa shape index (κ2) is 6.00. The number of carbonyl (C=O) groups is 1. The SMILES string of the molecule is CC(CBr)(NC(=O)c1ccc(=O)[nH]n1)c1ccccc1. The molecule has 1 amide bonds. The van der Waals surface area contributed by atoms with Crippen LogP contribution in [0.1, 0.15) is 23.0 Å². The number of halogens is 1. The Labute approximate surface area is 124 Å². The Balaban J connectivity index is 2.24. The number of carbonyl (C=O) groups excluding carboxylic acids is 1. The third kappa shape index (κ3) is 3.14. The maximum absolute atomic E-state index is 12.2. The number of hydrogen-bond donors (Lipinski definition) is 2. The highest BCUT2D eigenvalue weighted by Crippen LogP contribution is 2.23. The van der Waals surface area contributed by atoms with Gasteiger partial charge < -0.3 is 5.32 Å². The summed E-state index contributed by atoms with van der Waals surface area (Å²) in [7, 11) is 0. The van der Waals surface area contributed by atoms with Crippen LogP contribution in [0.25, 0.3) is 0 Å². The summed E-state index contributed by atoms with van der Waals surface area (Å²) >= 11 is 3.43. The summed E-state index contributed by atoms with van der Waals surface area (Å²) in [6.07, 6.45) is 0. The molecule has 0 aliphatic rings. The fraction of sp³-hybridized carbons (Fsp3) is 0.214. The predicted octanol–water partition coefficient (Wildman–Crippen LogP) is 1.81. The number of alkyl halides is 1. The molecule has 1 aromatic heterocycles. The molecule has 104 valence electrons. The Morgan fingerprint density at radius 1 is 1.30 bits per heavy atom. The van der Waals surface area contributed by atoms with Gasteiger partial charge in [-0.25, -0.2) is 5.10 Å². The van der Waals surface area contributed by atoms with Gasteiger partial charge >= 0.3 is 0 Å². The molecule has 1 unspecified atom stereocenters. The maximum Gasteiger partial charge on any atom is 0.272 e. The highest BCUT2D eigenvalue weighted by molar-refractivity contribution is 9.09. The van der Waals surface area contributed by atoms with Crippen molar-refractivity contribution >= 4 is 21.8 Å². The van der Waals surface area contributed by atoms with E-state index in [9.17, 15) is 9.59 Å². The van der Waals surface area contributed by atoms with Crippen LogP contribution in [0.2, 0.25) is 0 Å². The van der Waals surface area contributed by atoms with E-state index in [0.29, 0.717) is 5.33 Å². The first-order valence-electron chi connectivity index (χ1n) is 6.05. The van der Waals surface area contributed by atoms with E-state index in [1.165, 1.54) is 12.1 Å². The lowest BCUT2D eigenvalue weighted by Crippen LogP contribution is -2.45. The molecule has 5 nitrogen and oxygen atoms in total. The van der Waals surface area contributed by atoms with Crippen LogP contribution in [-0.4, -0.2) is 21.4 Å². The lowest BCUT2D eigenvalue weighted by molar-refractivity contribution is 0.0908. The van der Waals surface area contributed by atoms with E-state index in [0.717, 1.165) is 5.56 Å². The van der Waals surface area contributed by atoms with Gasteiger partial charge in [0.25, 0.3) is 11.5 Å². The summed E-state index contributed by atoms with van der Waals surface area (Å²) in [6, 6.07) is 12.3. The van der Waals surface area contributed by atoms with Crippen molar-refractivity contribution in [1.29, 1.82) is 0 Å².